The molecule has 0 aromatic rings. The Balaban J connectivity index is -0.000000152. The van der Waals surface area contributed by atoms with Crippen molar-refractivity contribution < 1.29 is 59.4 Å². The third-order valence-corrected chi connectivity index (χ3v) is 2.09. The molecule has 3 atom stereocenters. The van der Waals surface area contributed by atoms with Crippen LogP contribution in [0, 0.1) is 0 Å². The number of rotatable bonds is 9. The Kier molecular flexibility index (Phi) is 20.7. The number of carboxylic acids is 6. The average Bonchev–Trinajstić information content (AvgIpc) is 2.46. The van der Waals surface area contributed by atoms with Gasteiger partial charge in [0, 0.05) is 0 Å². The maximum absolute atomic E-state index is 9.74. The smallest absolute Gasteiger partial charge is 0.548 e. The van der Waals surface area contributed by atoms with Crippen LogP contribution in [0.1, 0.15) is 19.3 Å². The van der Waals surface area contributed by atoms with Crippen LogP contribution < -0.4 is 32.5 Å². The summed E-state index contributed by atoms with van der Waals surface area (Å²) in [6, 6.07) is -4.20. The van der Waals surface area contributed by atoms with Crippen LogP contribution in [0.15, 0.2) is 0 Å². The Morgan fingerprint density at radius 3 is 0.750 bits per heavy atom. The summed E-state index contributed by atoms with van der Waals surface area (Å²) >= 11 is 0. The topological polar surface area (TPSA) is 310 Å². The molecule has 0 aromatic heterocycles. The van der Waals surface area contributed by atoms with Crippen LogP contribution in [0.3, 0.4) is 0 Å². The molecule has 15 nitrogen and oxygen atoms in total. The fourth-order valence-electron chi connectivity index (χ4n) is 0.814. The second-order valence-electron chi connectivity index (χ2n) is 4.57. The molecule has 0 fully saturated rings. The van der Waals surface area contributed by atoms with E-state index in [0.29, 0.717) is 0 Å². The van der Waals surface area contributed by atoms with Crippen LogP contribution in [0.4, 0.5) is 0 Å². The van der Waals surface area contributed by atoms with E-state index in [4.69, 9.17) is 32.5 Å². The summed E-state index contributed by atoms with van der Waals surface area (Å²) in [6.45, 7) is 0. The van der Waals surface area contributed by atoms with Crippen LogP contribution >= 0.6 is 0 Å². The molecule has 9 N–H and O–H groups in total. The fourth-order valence-corrected chi connectivity index (χ4v) is 0.814. The van der Waals surface area contributed by atoms with E-state index in [2.05, 4.69) is 0 Å². The predicted molar refractivity (Wildman–Crippen MR) is 81.5 cm³/mol. The Morgan fingerprint density at radius 2 is 0.714 bits per heavy atom. The zero-order valence-corrected chi connectivity index (χ0v) is 15.3. The zero-order valence-electron chi connectivity index (χ0n) is 14.2. The summed E-state index contributed by atoms with van der Waals surface area (Å²) in [5, 5.41) is 53.1. The van der Waals surface area contributed by atoms with Gasteiger partial charge in [-0.25, -0.2) is 0 Å². The summed E-state index contributed by atoms with van der Waals surface area (Å²) in [6.07, 6.45) is -1.78. The molecule has 0 rings (SSSR count). The molecule has 0 amide bonds. The maximum atomic E-state index is 9.74. The summed E-state index contributed by atoms with van der Waals surface area (Å²) in [4.78, 5) is 58.4. The van der Waals surface area contributed by atoms with Crippen LogP contribution in [-0.4, -0.2) is 86.6 Å². The van der Waals surface area contributed by atoms with E-state index in [9.17, 15) is 44.1 Å². The minimum Gasteiger partial charge on any atom is -0.548 e. The SMILES string of the molecule is N[C@@H](CC(=O)O)C(=O)[O-].N[C@@H](CC(=O)O)C(=O)[O-].N[C@@H](CC(=O)O)C(=O)[O-].[Al+3]. The van der Waals surface area contributed by atoms with Gasteiger partial charge in [0.2, 0.25) is 0 Å². The van der Waals surface area contributed by atoms with Crippen LogP contribution in [0.25, 0.3) is 0 Å². The molecular formula is C12H18AlN3O12. The van der Waals surface area contributed by atoms with E-state index in [1.54, 1.807) is 0 Å². The predicted octanol–water partition coefficient (Wildman–Crippen LogP) is -7.77. The maximum Gasteiger partial charge on any atom is 3.00 e. The van der Waals surface area contributed by atoms with Gasteiger partial charge in [-0.15, -0.1) is 0 Å². The van der Waals surface area contributed by atoms with E-state index < -0.39 is 73.2 Å². The van der Waals surface area contributed by atoms with Gasteiger partial charge in [-0.1, -0.05) is 0 Å². The third-order valence-electron chi connectivity index (χ3n) is 2.09. The van der Waals surface area contributed by atoms with Crippen LogP contribution in [0.2, 0.25) is 0 Å². The number of carbonyl (C=O) groups is 6. The molecule has 156 valence electrons. The fraction of sp³-hybridized carbons (Fsp3) is 0.500. The van der Waals surface area contributed by atoms with Crippen molar-refractivity contribution in [1.82, 2.24) is 0 Å². The van der Waals surface area contributed by atoms with Gasteiger partial charge in [-0.3, -0.25) is 14.4 Å². The van der Waals surface area contributed by atoms with Crippen molar-refractivity contribution in [2.24, 2.45) is 17.2 Å². The molecule has 0 saturated carbocycles. The number of carboxylic acid groups (broad SMARTS) is 6. The zero-order chi connectivity index (χ0) is 22.3. The Bertz CT molecular complexity index is 480. The molecule has 0 aromatic carbocycles. The van der Waals surface area contributed by atoms with Crippen LogP contribution in [-0.2, 0) is 28.8 Å². The molecule has 0 bridgehead atoms. The average molecular weight is 423 g/mol. The molecular weight excluding hydrogens is 405 g/mol. The number of aliphatic carboxylic acids is 6. The number of hydrogen-bond donors (Lipinski definition) is 6. The van der Waals surface area contributed by atoms with Crippen molar-refractivity contribution in [2.45, 2.75) is 37.4 Å². The molecule has 16 heteroatoms. The Labute approximate surface area is 167 Å². The number of hydrogen-bond acceptors (Lipinski definition) is 12. The monoisotopic (exact) mass is 423 g/mol. The van der Waals surface area contributed by atoms with Crippen molar-refractivity contribution >= 4 is 53.2 Å². The van der Waals surface area contributed by atoms with Crippen molar-refractivity contribution in [1.29, 1.82) is 0 Å². The van der Waals surface area contributed by atoms with E-state index in [1.165, 1.54) is 0 Å². The van der Waals surface area contributed by atoms with Gasteiger partial charge in [0.05, 0.1) is 55.3 Å². The first-order chi connectivity index (χ1) is 12.1. The summed E-state index contributed by atoms with van der Waals surface area (Å²) in [7, 11) is 0. The van der Waals surface area contributed by atoms with E-state index >= 15 is 0 Å². The van der Waals surface area contributed by atoms with E-state index in [-0.39, 0.29) is 17.4 Å². The second kappa shape index (κ2) is 17.6. The molecule has 0 unspecified atom stereocenters. The summed E-state index contributed by atoms with van der Waals surface area (Å²) < 4.78 is 0. The van der Waals surface area contributed by atoms with Crippen molar-refractivity contribution in [2.75, 3.05) is 0 Å². The van der Waals surface area contributed by atoms with Gasteiger partial charge in [-0.05, 0) is 0 Å². The quantitative estimate of drug-likeness (QED) is 0.187. The van der Waals surface area contributed by atoms with Gasteiger partial charge in [0.1, 0.15) is 0 Å². The normalized spacial score (nSPS) is 12.1. The molecule has 0 aliphatic heterocycles. The van der Waals surface area contributed by atoms with Gasteiger partial charge < -0.3 is 62.2 Å². The van der Waals surface area contributed by atoms with Gasteiger partial charge in [-0.2, -0.15) is 0 Å². The third kappa shape index (κ3) is 25.5. The Morgan fingerprint density at radius 1 is 0.571 bits per heavy atom. The first-order valence-electron chi connectivity index (χ1n) is 6.66. The van der Waals surface area contributed by atoms with Crippen molar-refractivity contribution in [3.05, 3.63) is 0 Å². The van der Waals surface area contributed by atoms with Gasteiger partial charge >= 0.3 is 35.3 Å². The first kappa shape index (κ1) is 32.9. The largest absolute Gasteiger partial charge is 3.00 e. The van der Waals surface area contributed by atoms with Gasteiger partial charge in [0.25, 0.3) is 0 Å². The summed E-state index contributed by atoms with van der Waals surface area (Å²) in [5.74, 6) is -8.36. The standard InChI is InChI=1S/3C4H7NO4.Al/c3*5-2(4(8)9)1-3(6)7;/h3*2H,1,5H2,(H,6,7)(H,8,9);/q;;;+3/p-3/t3*2-;/m000./s1. The summed E-state index contributed by atoms with van der Waals surface area (Å²) in [5.41, 5.74) is 14.3. The molecule has 0 aliphatic carbocycles. The minimum atomic E-state index is -1.54. The number of nitrogens with two attached hydrogens (primary N) is 3. The first-order valence-corrected chi connectivity index (χ1v) is 6.66. The minimum absolute atomic E-state index is 0. The molecule has 0 spiro atoms. The van der Waals surface area contributed by atoms with Crippen molar-refractivity contribution in [3.63, 3.8) is 0 Å². The molecule has 0 heterocycles. The van der Waals surface area contributed by atoms with Crippen LogP contribution in [0.5, 0.6) is 0 Å². The molecule has 0 radical (unpaired) electrons. The van der Waals surface area contributed by atoms with E-state index in [1.807, 2.05) is 0 Å². The molecule has 0 saturated heterocycles. The number of carbonyl (C=O) groups excluding carboxylic acids is 3. The molecule has 0 aliphatic rings. The van der Waals surface area contributed by atoms with Gasteiger partial charge in [0.15, 0.2) is 0 Å². The van der Waals surface area contributed by atoms with Crippen molar-refractivity contribution in [3.8, 4) is 0 Å². The van der Waals surface area contributed by atoms with E-state index in [0.717, 1.165) is 0 Å². The Hall–Kier alpha value is -2.77. The molecule has 28 heavy (non-hydrogen) atoms. The second-order valence-corrected chi connectivity index (χ2v) is 4.57.